The fourth-order valence-electron chi connectivity index (χ4n) is 12.6. The monoisotopic (exact) mass is 1090 g/mol. The van der Waals surface area contributed by atoms with Crippen LogP contribution in [0, 0.1) is 0 Å². The number of carbonyl (C=O) groups excluding carboxylic acids is 2. The van der Waals surface area contributed by atoms with E-state index in [0.717, 1.165) is 225 Å². The largest absolute Gasteiger partial charge is 0.381 e. The molecule has 17 nitrogen and oxygen atoms in total. The molecule has 77 heavy (non-hydrogen) atoms. The van der Waals surface area contributed by atoms with Gasteiger partial charge >= 0.3 is 0 Å². The number of amides is 2. The third-order valence-electron chi connectivity index (χ3n) is 17.5. The number of piperidine rings is 4. The third kappa shape index (κ3) is 12.7. The quantitative estimate of drug-likeness (QED) is 0.156. The third-order valence-corrected chi connectivity index (χ3v) is 20.4. The molecule has 2 N–H and O–H groups in total. The van der Waals surface area contributed by atoms with Gasteiger partial charge in [-0.2, -0.15) is 9.97 Å². The van der Waals surface area contributed by atoms with Crippen LogP contribution in [0.1, 0.15) is 139 Å². The summed E-state index contributed by atoms with van der Waals surface area (Å²) >= 11 is 0. The molecule has 19 heteroatoms. The van der Waals surface area contributed by atoms with Gasteiger partial charge < -0.3 is 44.6 Å². The van der Waals surface area contributed by atoms with Crippen LogP contribution in [0.3, 0.4) is 0 Å². The number of carbonyl (C=O) groups is 2. The molecule has 0 radical (unpaired) electrons. The zero-order valence-electron chi connectivity index (χ0n) is 45.3. The number of nitrogens with one attached hydrogen (secondary N) is 2. The Balaban J connectivity index is 0.000000164. The van der Waals surface area contributed by atoms with E-state index in [-0.39, 0.29) is 11.8 Å². The van der Waals surface area contributed by atoms with Gasteiger partial charge in [0.1, 0.15) is 21.4 Å². The number of aromatic nitrogens is 4. The van der Waals surface area contributed by atoms with E-state index in [4.69, 9.17) is 29.4 Å². The van der Waals surface area contributed by atoms with Crippen molar-refractivity contribution in [3.05, 3.63) is 82.2 Å². The van der Waals surface area contributed by atoms with Crippen LogP contribution in [0.4, 0.5) is 23.5 Å². The number of aryl methyl sites for hydroxylation is 2. The maximum absolute atomic E-state index is 13.1. The summed E-state index contributed by atoms with van der Waals surface area (Å²) in [6.45, 7) is 10.4. The van der Waals surface area contributed by atoms with Crippen molar-refractivity contribution in [2.45, 2.75) is 136 Å². The summed E-state index contributed by atoms with van der Waals surface area (Å²) in [7, 11) is 2.03. The van der Waals surface area contributed by atoms with Crippen LogP contribution < -0.4 is 20.4 Å². The fourth-order valence-corrected chi connectivity index (χ4v) is 15.2. The first kappa shape index (κ1) is 53.9. The Bertz CT molecular complexity index is 2730. The summed E-state index contributed by atoms with van der Waals surface area (Å²) < 4.78 is 36.5. The smallest absolute Gasteiger partial charge is 0.253 e. The number of hydrogen-bond acceptors (Lipinski definition) is 15. The highest BCUT2D eigenvalue weighted by Gasteiger charge is 2.33. The van der Waals surface area contributed by atoms with E-state index in [1.165, 1.54) is 17.5 Å². The second kappa shape index (κ2) is 24.9. The van der Waals surface area contributed by atoms with Gasteiger partial charge in [-0.1, -0.05) is 24.3 Å². The summed E-state index contributed by atoms with van der Waals surface area (Å²) in [5.41, 5.74) is 6.06. The zero-order valence-corrected chi connectivity index (χ0v) is 46.9. The van der Waals surface area contributed by atoms with Crippen molar-refractivity contribution in [1.29, 1.82) is 0 Å². The molecule has 4 aromatic rings. The predicted octanol–water partition coefficient (Wildman–Crippen LogP) is 7.02. The molecular weight excluding hydrogens is 1010 g/mol. The Morgan fingerprint density at radius 3 is 1.45 bits per heavy atom. The van der Waals surface area contributed by atoms with E-state index in [0.29, 0.717) is 41.5 Å². The van der Waals surface area contributed by atoms with E-state index in [1.807, 2.05) is 41.1 Å². The van der Waals surface area contributed by atoms with Crippen LogP contribution in [0.5, 0.6) is 0 Å². The molecule has 6 fully saturated rings. The van der Waals surface area contributed by atoms with E-state index in [1.54, 1.807) is 0 Å². The first-order chi connectivity index (χ1) is 37.6. The number of rotatable bonds is 11. The lowest BCUT2D eigenvalue weighted by atomic mass is 9.89. The maximum atomic E-state index is 13.1. The summed E-state index contributed by atoms with van der Waals surface area (Å²) in [6.07, 6.45) is 14.8. The molecule has 0 bridgehead atoms. The molecule has 2 aromatic heterocycles. The second-order valence-corrected chi connectivity index (χ2v) is 25.5. The van der Waals surface area contributed by atoms with Crippen LogP contribution in [0.2, 0.25) is 0 Å². The van der Waals surface area contributed by atoms with E-state index in [9.17, 15) is 18.0 Å². The fraction of sp³-hybridized carbons (Fsp3) is 0.621. The van der Waals surface area contributed by atoms with Crippen LogP contribution in [0.25, 0.3) is 0 Å². The molecule has 2 amide bonds. The number of benzene rings is 2. The molecule has 2 unspecified atom stereocenters. The molecule has 8 aliphatic rings. The summed E-state index contributed by atoms with van der Waals surface area (Å²) in [5, 5.41) is 7.17. The average molecular weight is 1090 g/mol. The lowest BCUT2D eigenvalue weighted by molar-refractivity contribution is 0.0658. The van der Waals surface area contributed by atoms with Gasteiger partial charge in [0.25, 0.3) is 11.8 Å². The molecule has 0 spiro atoms. The topological polar surface area (TPSA) is 179 Å². The Kier molecular flexibility index (Phi) is 17.5. The van der Waals surface area contributed by atoms with Crippen molar-refractivity contribution in [2.75, 3.05) is 125 Å². The predicted molar refractivity (Wildman–Crippen MR) is 303 cm³/mol. The zero-order chi connectivity index (χ0) is 52.8. The highest BCUT2D eigenvalue weighted by molar-refractivity contribution is 7.85. The Hall–Kier alpha value is -5.08. The molecule has 8 aliphatic heterocycles. The van der Waals surface area contributed by atoms with Crippen LogP contribution in [0.15, 0.2) is 58.3 Å². The summed E-state index contributed by atoms with van der Waals surface area (Å²) in [4.78, 5) is 58.0. The van der Waals surface area contributed by atoms with Crippen molar-refractivity contribution in [3.63, 3.8) is 0 Å². The van der Waals surface area contributed by atoms with Crippen LogP contribution in [-0.2, 0) is 43.9 Å². The van der Waals surface area contributed by atoms with Crippen molar-refractivity contribution in [2.24, 2.45) is 0 Å². The second-order valence-electron chi connectivity index (χ2n) is 22.5. The molecule has 2 aromatic carbocycles. The van der Waals surface area contributed by atoms with E-state index >= 15 is 0 Å². The molecular formula is C58H79N11O6S2. The minimum atomic E-state index is -1.04. The molecule has 0 aliphatic carbocycles. The van der Waals surface area contributed by atoms with Gasteiger partial charge in [0, 0.05) is 126 Å². The minimum absolute atomic E-state index is 0.121. The van der Waals surface area contributed by atoms with Gasteiger partial charge in [0.05, 0.1) is 33.0 Å². The lowest BCUT2D eigenvalue weighted by Crippen LogP contribution is -2.44. The van der Waals surface area contributed by atoms with Gasteiger partial charge in [0.2, 0.25) is 11.9 Å². The molecule has 10 heterocycles. The molecule has 414 valence electrons. The SMILES string of the molecule is CN1CCC(N(C)C(=O)c2ccc(C3CCN(c4nc5c(c(NC6CCOCC6)n4)S(=O)CC5)CC3)cc2)CC1.O=C(c1ccc(C2CCN(c3nc4c(c(NC5CCOCC5)n3)S(=O)CC4)CC2)cc1)N1CCCCC1. The number of ether oxygens (including phenoxy) is 2. The molecule has 6 saturated heterocycles. The Morgan fingerprint density at radius 1 is 0.558 bits per heavy atom. The van der Waals surface area contributed by atoms with E-state index in [2.05, 4.69) is 56.6 Å². The normalized spacial score (nSPS) is 23.2. The summed E-state index contributed by atoms with van der Waals surface area (Å²) in [5.74, 6) is 5.51. The number of fused-ring (bicyclic) bond motifs is 2. The maximum Gasteiger partial charge on any atom is 0.253 e. The minimum Gasteiger partial charge on any atom is -0.381 e. The van der Waals surface area contributed by atoms with Crippen LogP contribution >= 0.6 is 0 Å². The highest BCUT2D eigenvalue weighted by atomic mass is 32.2. The standard InChI is InChI=1S/C30H42N6O3S.C28H37N5O3S/c1-34-14-9-25(10-15-34)35(2)29(37)23-5-3-21(4-6-23)22-7-16-36(17-8-22)30-32-26-13-20-40(38)27(26)28(33-30)31-24-11-18-39-19-12-24;34-27(32-13-2-1-3-14-32)22-6-4-20(5-7-22)21-8-15-33(16-9-21)28-30-24-12-19-37(35)25(24)26(31-28)29-23-10-17-36-18-11-23/h3-6,22,24-25H,7-20H2,1-2H3,(H,31,32,33);4-7,21,23H,1-3,8-19H2,(H,29,30,31). The number of likely N-dealkylation sites (tertiary alicyclic amines) is 2. The highest BCUT2D eigenvalue weighted by Crippen LogP contribution is 2.37. The number of anilines is 4. The van der Waals surface area contributed by atoms with Gasteiger partial charge in [-0.3, -0.25) is 18.0 Å². The molecule has 2 atom stereocenters. The first-order valence-corrected chi connectivity index (χ1v) is 31.5. The van der Waals surface area contributed by atoms with Crippen molar-refractivity contribution in [1.82, 2.24) is 34.6 Å². The Labute approximate surface area is 460 Å². The number of hydrogen-bond donors (Lipinski definition) is 2. The molecule has 12 rings (SSSR count). The van der Waals surface area contributed by atoms with Crippen molar-refractivity contribution < 1.29 is 27.5 Å². The lowest BCUT2D eigenvalue weighted by Gasteiger charge is -2.35. The van der Waals surface area contributed by atoms with Gasteiger partial charge in [-0.15, -0.1) is 0 Å². The summed E-state index contributed by atoms with van der Waals surface area (Å²) in [6, 6.07) is 17.5. The van der Waals surface area contributed by atoms with Crippen molar-refractivity contribution >= 4 is 56.9 Å². The molecule has 0 saturated carbocycles. The Morgan fingerprint density at radius 2 is 1.00 bits per heavy atom. The number of nitrogens with zero attached hydrogens (tertiary/aromatic N) is 9. The van der Waals surface area contributed by atoms with Crippen LogP contribution in [-0.4, -0.2) is 177 Å². The van der Waals surface area contributed by atoms with Gasteiger partial charge in [-0.05, 0) is 151 Å². The van der Waals surface area contributed by atoms with Gasteiger partial charge in [-0.25, -0.2) is 9.97 Å². The van der Waals surface area contributed by atoms with Crippen molar-refractivity contribution in [3.8, 4) is 0 Å². The van der Waals surface area contributed by atoms with E-state index < -0.39 is 21.6 Å². The average Bonchev–Trinajstić information content (AvgIpc) is 4.08. The first-order valence-electron chi connectivity index (χ1n) is 28.8. The van der Waals surface area contributed by atoms with Gasteiger partial charge in [0.15, 0.2) is 0 Å².